The molecule has 12 heteroatoms. The summed E-state index contributed by atoms with van der Waals surface area (Å²) in [5, 5.41) is 39.3. The minimum absolute atomic E-state index is 0.305. The van der Waals surface area contributed by atoms with Crippen LogP contribution in [0.25, 0.3) is 22.9 Å². The van der Waals surface area contributed by atoms with Gasteiger partial charge < -0.3 is 20.1 Å². The molecule has 1 aliphatic heterocycles. The van der Waals surface area contributed by atoms with E-state index in [0.717, 1.165) is 22.8 Å². The third kappa shape index (κ3) is 3.11. The summed E-state index contributed by atoms with van der Waals surface area (Å²) >= 11 is 0. The number of fused-ring (bicyclic) bond motifs is 1. The van der Waals surface area contributed by atoms with Crippen LogP contribution in [0.5, 0.6) is 0 Å². The summed E-state index contributed by atoms with van der Waals surface area (Å²) in [6.45, 7) is 7.17. The van der Waals surface area contributed by atoms with Crippen molar-refractivity contribution in [2.24, 2.45) is 0 Å². The second kappa shape index (κ2) is 7.45. The minimum Gasteiger partial charge on any atom is -0.394 e. The first-order valence-corrected chi connectivity index (χ1v) is 10.2. The van der Waals surface area contributed by atoms with Crippen molar-refractivity contribution in [2.45, 2.75) is 52.2 Å². The van der Waals surface area contributed by atoms with E-state index in [2.05, 4.69) is 20.2 Å². The number of nitrogens with zero attached hydrogens (tertiary/aromatic N) is 8. The number of rotatable bonds is 4. The van der Waals surface area contributed by atoms with Crippen molar-refractivity contribution >= 4 is 11.2 Å². The molecule has 1 saturated heterocycles. The summed E-state index contributed by atoms with van der Waals surface area (Å²) < 4.78 is 10.5. The smallest absolute Gasteiger partial charge is 0.254 e. The summed E-state index contributed by atoms with van der Waals surface area (Å²) in [5.74, 6) is 0.757. The van der Waals surface area contributed by atoms with Gasteiger partial charge in [-0.25, -0.2) is 14.3 Å². The number of hydrogen-bond acceptors (Lipinski definition) is 9. The zero-order valence-electron chi connectivity index (χ0n) is 18.1. The van der Waals surface area contributed by atoms with Gasteiger partial charge >= 0.3 is 0 Å². The largest absolute Gasteiger partial charge is 0.394 e. The fourth-order valence-electron chi connectivity index (χ4n) is 4.10. The van der Waals surface area contributed by atoms with Crippen LogP contribution in [-0.4, -0.2) is 79.3 Å². The Kier molecular flexibility index (Phi) is 4.82. The average Bonchev–Trinajstić information content (AvgIpc) is 3.48. The number of aryl methyl sites for hydroxylation is 4. The quantitative estimate of drug-likeness (QED) is 0.400. The van der Waals surface area contributed by atoms with Crippen LogP contribution in [0.3, 0.4) is 0 Å². The highest BCUT2D eigenvalue weighted by Crippen LogP contribution is 2.32. The van der Waals surface area contributed by atoms with Crippen LogP contribution < -0.4 is 0 Å². The molecule has 1 fully saturated rings. The SMILES string of the molecule is Cc1cc(C)n(-c2nc(-n3nc(C)cc3C)c3ncn([C@@H]4O[C@H](CO)[C@@H](O)[C@H]4O)c3n2)n1. The van der Waals surface area contributed by atoms with Gasteiger partial charge in [0.15, 0.2) is 23.2 Å². The predicted octanol–water partition coefficient (Wildman–Crippen LogP) is 0.0429. The summed E-state index contributed by atoms with van der Waals surface area (Å²) in [6.07, 6.45) is -2.94. The Morgan fingerprint density at radius 1 is 0.938 bits per heavy atom. The van der Waals surface area contributed by atoms with Crippen LogP contribution in [0.1, 0.15) is 29.0 Å². The van der Waals surface area contributed by atoms with E-state index in [9.17, 15) is 15.3 Å². The Morgan fingerprint density at radius 2 is 1.59 bits per heavy atom. The lowest BCUT2D eigenvalue weighted by Gasteiger charge is -2.17. The lowest BCUT2D eigenvalue weighted by Crippen LogP contribution is -2.33. The molecule has 5 rings (SSSR count). The predicted molar refractivity (Wildman–Crippen MR) is 112 cm³/mol. The monoisotopic (exact) mass is 440 g/mol. The van der Waals surface area contributed by atoms with Crippen molar-refractivity contribution in [2.75, 3.05) is 6.61 Å². The molecule has 5 heterocycles. The van der Waals surface area contributed by atoms with Crippen LogP contribution in [0.15, 0.2) is 18.5 Å². The van der Waals surface area contributed by atoms with Gasteiger partial charge in [-0.1, -0.05) is 0 Å². The maximum absolute atomic E-state index is 10.5. The third-order valence-electron chi connectivity index (χ3n) is 5.59. The fourth-order valence-corrected chi connectivity index (χ4v) is 4.10. The molecule has 4 atom stereocenters. The normalized spacial score (nSPS) is 23.5. The number of imidazole rings is 1. The van der Waals surface area contributed by atoms with Crippen LogP contribution in [0, 0.1) is 27.7 Å². The topological polar surface area (TPSA) is 149 Å². The van der Waals surface area contributed by atoms with E-state index in [4.69, 9.17) is 9.72 Å². The van der Waals surface area contributed by atoms with Crippen LogP contribution >= 0.6 is 0 Å². The molecule has 32 heavy (non-hydrogen) atoms. The van der Waals surface area contributed by atoms with Crippen molar-refractivity contribution in [3.63, 3.8) is 0 Å². The Labute approximate surface area is 182 Å². The standard InChI is InChI=1S/C20H24N8O4/c1-9-5-11(3)27(24-9)18-14-17(22-20(23-18)28-12(4)6-10(2)25-28)26(8-21-14)19-16(31)15(30)13(7-29)32-19/h5-6,8,13,15-16,19,29-31H,7H2,1-4H3/t13-,15-,16-,19-/m1/s1. The molecule has 1 aliphatic rings. The van der Waals surface area contributed by atoms with Gasteiger partial charge in [-0.05, 0) is 39.8 Å². The van der Waals surface area contributed by atoms with Gasteiger partial charge in [-0.3, -0.25) is 4.57 Å². The summed E-state index contributed by atoms with van der Waals surface area (Å²) in [5.41, 5.74) is 4.17. The second-order valence-corrected chi connectivity index (χ2v) is 8.08. The van der Waals surface area contributed by atoms with Gasteiger partial charge in [0, 0.05) is 11.4 Å². The zero-order chi connectivity index (χ0) is 22.7. The molecule has 0 aliphatic carbocycles. The van der Waals surface area contributed by atoms with E-state index in [0.29, 0.717) is 22.9 Å². The minimum atomic E-state index is -1.27. The number of ether oxygens (including phenoxy) is 1. The fraction of sp³-hybridized carbons (Fsp3) is 0.450. The molecule has 4 aromatic heterocycles. The molecule has 0 unspecified atom stereocenters. The maximum atomic E-state index is 10.5. The Hall–Kier alpha value is -3.19. The Bertz CT molecular complexity index is 1310. The van der Waals surface area contributed by atoms with Crippen molar-refractivity contribution < 1.29 is 20.1 Å². The zero-order valence-corrected chi connectivity index (χ0v) is 18.1. The molecule has 0 spiro atoms. The molecule has 3 N–H and O–H groups in total. The molecule has 168 valence electrons. The Balaban J connectivity index is 1.75. The molecule has 12 nitrogen and oxygen atoms in total. The highest BCUT2D eigenvalue weighted by molar-refractivity contribution is 5.79. The van der Waals surface area contributed by atoms with Crippen molar-refractivity contribution in [1.82, 2.24) is 39.1 Å². The van der Waals surface area contributed by atoms with Crippen LogP contribution in [0.4, 0.5) is 0 Å². The van der Waals surface area contributed by atoms with Gasteiger partial charge in [0.2, 0.25) is 0 Å². The summed E-state index contributed by atoms with van der Waals surface area (Å²) in [6, 6.07) is 3.85. The number of hydrogen-bond donors (Lipinski definition) is 3. The number of aliphatic hydroxyl groups excluding tert-OH is 3. The molecule has 4 aromatic rings. The molecular weight excluding hydrogens is 416 g/mol. The Morgan fingerprint density at radius 3 is 2.16 bits per heavy atom. The average molecular weight is 440 g/mol. The molecule has 0 saturated carbocycles. The first kappa shape index (κ1) is 20.7. The lowest BCUT2D eigenvalue weighted by molar-refractivity contribution is -0.0511. The van der Waals surface area contributed by atoms with E-state index >= 15 is 0 Å². The van der Waals surface area contributed by atoms with Gasteiger partial charge in [-0.15, -0.1) is 0 Å². The van der Waals surface area contributed by atoms with Gasteiger partial charge in [0.25, 0.3) is 5.95 Å². The van der Waals surface area contributed by atoms with Crippen molar-refractivity contribution in [3.8, 4) is 11.8 Å². The summed E-state index contributed by atoms with van der Waals surface area (Å²) in [4.78, 5) is 13.9. The van der Waals surface area contributed by atoms with E-state index in [1.807, 2.05) is 39.8 Å². The number of aromatic nitrogens is 8. The van der Waals surface area contributed by atoms with Gasteiger partial charge in [0.05, 0.1) is 24.3 Å². The van der Waals surface area contributed by atoms with Gasteiger partial charge in [-0.2, -0.15) is 20.2 Å². The molecule has 0 amide bonds. The molecule has 0 bridgehead atoms. The summed E-state index contributed by atoms with van der Waals surface area (Å²) in [7, 11) is 0. The van der Waals surface area contributed by atoms with Gasteiger partial charge in [0.1, 0.15) is 18.3 Å². The second-order valence-electron chi connectivity index (χ2n) is 8.08. The van der Waals surface area contributed by atoms with E-state index in [1.54, 1.807) is 9.36 Å². The van der Waals surface area contributed by atoms with E-state index in [1.165, 1.54) is 10.9 Å². The molecule has 0 aromatic carbocycles. The number of aliphatic hydroxyl groups is 3. The highest BCUT2D eigenvalue weighted by Gasteiger charge is 2.44. The molecular formula is C20H24N8O4. The van der Waals surface area contributed by atoms with Crippen LogP contribution in [0.2, 0.25) is 0 Å². The van der Waals surface area contributed by atoms with Crippen molar-refractivity contribution in [1.29, 1.82) is 0 Å². The third-order valence-corrected chi connectivity index (χ3v) is 5.59. The molecule has 0 radical (unpaired) electrons. The van der Waals surface area contributed by atoms with E-state index < -0.39 is 31.1 Å². The maximum Gasteiger partial charge on any atom is 0.254 e. The first-order chi connectivity index (χ1) is 15.3. The van der Waals surface area contributed by atoms with Crippen molar-refractivity contribution in [3.05, 3.63) is 41.2 Å². The first-order valence-electron chi connectivity index (χ1n) is 10.2. The highest BCUT2D eigenvalue weighted by atomic mass is 16.6. The van der Waals surface area contributed by atoms with E-state index in [-0.39, 0.29) is 0 Å². The van der Waals surface area contributed by atoms with Crippen LogP contribution in [-0.2, 0) is 4.74 Å². The lowest BCUT2D eigenvalue weighted by atomic mass is 10.1.